The summed E-state index contributed by atoms with van der Waals surface area (Å²) in [5.41, 5.74) is 1.93. The highest BCUT2D eigenvalue weighted by Gasteiger charge is 2.21. The van der Waals surface area contributed by atoms with Crippen LogP contribution < -0.4 is 0 Å². The fourth-order valence-corrected chi connectivity index (χ4v) is 2.82. The topological polar surface area (TPSA) is 56.4 Å². The minimum Gasteiger partial charge on any atom is -0.361 e. The van der Waals surface area contributed by atoms with E-state index in [4.69, 9.17) is 11.6 Å². The number of aromatic nitrogens is 1. The molecule has 3 rings (SSSR count). The maximum absolute atomic E-state index is 12.4. The minimum absolute atomic E-state index is 0.0847. The zero-order valence-electron chi connectivity index (χ0n) is 11.5. The van der Waals surface area contributed by atoms with E-state index in [9.17, 15) is 9.59 Å². The molecule has 2 amide bonds. The summed E-state index contributed by atoms with van der Waals surface area (Å²) >= 11 is 6.02. The molecule has 0 atom stereocenters. The van der Waals surface area contributed by atoms with Gasteiger partial charge in [-0.25, -0.2) is 0 Å². The Hall–Kier alpha value is -2.01. The number of hydrogen-bond donors (Lipinski definition) is 1. The molecule has 1 aliphatic heterocycles. The van der Waals surface area contributed by atoms with E-state index >= 15 is 0 Å². The molecule has 1 aliphatic rings. The fourth-order valence-electron chi connectivity index (χ4n) is 2.65. The highest BCUT2D eigenvalue weighted by Crippen LogP contribution is 2.23. The molecule has 1 aromatic heterocycles. The first-order valence-corrected chi connectivity index (χ1v) is 7.28. The summed E-state index contributed by atoms with van der Waals surface area (Å²) in [5, 5.41) is 1.65. The molecule has 2 heterocycles. The van der Waals surface area contributed by atoms with Gasteiger partial charge in [-0.05, 0) is 23.8 Å². The van der Waals surface area contributed by atoms with Crippen molar-refractivity contribution in [3.05, 3.63) is 35.0 Å². The lowest BCUT2D eigenvalue weighted by atomic mass is 10.1. The van der Waals surface area contributed by atoms with Gasteiger partial charge in [0.25, 0.3) is 0 Å². The number of fused-ring (bicyclic) bond motifs is 1. The summed E-state index contributed by atoms with van der Waals surface area (Å²) in [6, 6.07) is 5.61. The molecule has 1 saturated heterocycles. The molecule has 6 heteroatoms. The third-order valence-corrected chi connectivity index (χ3v) is 4.12. The highest BCUT2D eigenvalue weighted by atomic mass is 35.5. The fraction of sp³-hybridized carbons (Fsp3) is 0.333. The Bertz CT molecular complexity index is 675. The highest BCUT2D eigenvalue weighted by molar-refractivity contribution is 6.31. The molecule has 0 radical (unpaired) electrons. The number of carbonyl (C=O) groups is 2. The molecule has 0 aliphatic carbocycles. The van der Waals surface area contributed by atoms with Crippen molar-refractivity contribution >= 4 is 34.8 Å². The van der Waals surface area contributed by atoms with Gasteiger partial charge in [-0.2, -0.15) is 0 Å². The largest absolute Gasteiger partial charge is 0.361 e. The Balaban J connectivity index is 1.72. The van der Waals surface area contributed by atoms with Gasteiger partial charge >= 0.3 is 0 Å². The molecule has 1 aromatic carbocycles. The first kappa shape index (κ1) is 13.9. The molecule has 1 fully saturated rings. The second-order valence-electron chi connectivity index (χ2n) is 5.20. The number of H-pyrrole nitrogens is 1. The van der Waals surface area contributed by atoms with Crippen molar-refractivity contribution in [3.63, 3.8) is 0 Å². The van der Waals surface area contributed by atoms with Gasteiger partial charge in [0.15, 0.2) is 0 Å². The third-order valence-electron chi connectivity index (χ3n) is 3.89. The van der Waals surface area contributed by atoms with E-state index in [0.29, 0.717) is 37.6 Å². The van der Waals surface area contributed by atoms with Gasteiger partial charge in [0.05, 0.1) is 6.42 Å². The summed E-state index contributed by atoms with van der Waals surface area (Å²) in [6.07, 6.45) is 3.05. The third kappa shape index (κ3) is 2.88. The summed E-state index contributed by atoms with van der Waals surface area (Å²) in [5.74, 6) is 0.0847. The van der Waals surface area contributed by atoms with Gasteiger partial charge in [-0.3, -0.25) is 9.59 Å². The zero-order chi connectivity index (χ0) is 14.8. The molecule has 0 bridgehead atoms. The zero-order valence-corrected chi connectivity index (χ0v) is 12.3. The van der Waals surface area contributed by atoms with E-state index in [1.165, 1.54) is 0 Å². The van der Waals surface area contributed by atoms with E-state index in [0.717, 1.165) is 22.9 Å². The van der Waals surface area contributed by atoms with Crippen LogP contribution in [0.4, 0.5) is 0 Å². The van der Waals surface area contributed by atoms with Gasteiger partial charge in [0, 0.05) is 48.3 Å². The number of hydrogen-bond acceptors (Lipinski definition) is 2. The predicted molar refractivity (Wildman–Crippen MR) is 81.2 cm³/mol. The number of rotatable bonds is 3. The Labute approximate surface area is 127 Å². The Morgan fingerprint density at radius 2 is 2.05 bits per heavy atom. The van der Waals surface area contributed by atoms with Crippen LogP contribution in [0.3, 0.4) is 0 Å². The molecule has 0 saturated carbocycles. The Morgan fingerprint density at radius 1 is 1.29 bits per heavy atom. The van der Waals surface area contributed by atoms with Gasteiger partial charge in [0.1, 0.15) is 0 Å². The van der Waals surface area contributed by atoms with Crippen LogP contribution in [0.25, 0.3) is 10.9 Å². The van der Waals surface area contributed by atoms with Crippen molar-refractivity contribution in [1.82, 2.24) is 14.8 Å². The van der Waals surface area contributed by atoms with E-state index in [2.05, 4.69) is 4.98 Å². The van der Waals surface area contributed by atoms with Crippen LogP contribution in [0.1, 0.15) is 5.56 Å². The number of benzene rings is 1. The standard InChI is InChI=1S/C15H16ClN3O2/c16-12-1-2-14-13(8-12)11(9-17-14)7-15(21)19-5-3-18(10-20)4-6-19/h1-2,8-10,17H,3-7H2. The predicted octanol–water partition coefficient (Wildman–Crippen LogP) is 1.66. The van der Waals surface area contributed by atoms with Gasteiger partial charge in [-0.1, -0.05) is 11.6 Å². The number of carbonyl (C=O) groups excluding carboxylic acids is 2. The molecule has 1 N–H and O–H groups in total. The van der Waals surface area contributed by atoms with Crippen LogP contribution in [-0.2, 0) is 16.0 Å². The first-order valence-electron chi connectivity index (χ1n) is 6.90. The molecule has 5 nitrogen and oxygen atoms in total. The van der Waals surface area contributed by atoms with Gasteiger partial charge in [-0.15, -0.1) is 0 Å². The van der Waals surface area contributed by atoms with Crippen molar-refractivity contribution < 1.29 is 9.59 Å². The van der Waals surface area contributed by atoms with E-state index in [1.807, 2.05) is 29.3 Å². The summed E-state index contributed by atoms with van der Waals surface area (Å²) in [4.78, 5) is 29.7. The smallest absolute Gasteiger partial charge is 0.227 e. The van der Waals surface area contributed by atoms with Crippen molar-refractivity contribution in [3.8, 4) is 0 Å². The van der Waals surface area contributed by atoms with Crippen molar-refractivity contribution in [2.24, 2.45) is 0 Å². The second-order valence-corrected chi connectivity index (χ2v) is 5.64. The quantitative estimate of drug-likeness (QED) is 0.877. The molecule has 0 unspecified atom stereocenters. The van der Waals surface area contributed by atoms with Gasteiger partial charge < -0.3 is 14.8 Å². The number of nitrogens with one attached hydrogen (secondary N) is 1. The Morgan fingerprint density at radius 3 is 2.76 bits per heavy atom. The number of piperazine rings is 1. The average Bonchev–Trinajstić information content (AvgIpc) is 2.89. The molecule has 2 aromatic rings. The van der Waals surface area contributed by atoms with Crippen LogP contribution in [0.5, 0.6) is 0 Å². The summed E-state index contributed by atoms with van der Waals surface area (Å²) in [6.45, 7) is 2.41. The first-order chi connectivity index (χ1) is 10.2. The maximum atomic E-state index is 12.4. The van der Waals surface area contributed by atoms with Crippen molar-refractivity contribution in [1.29, 1.82) is 0 Å². The average molecular weight is 306 g/mol. The molecule has 0 spiro atoms. The molecular weight excluding hydrogens is 290 g/mol. The molecule has 110 valence electrons. The number of halogens is 1. The summed E-state index contributed by atoms with van der Waals surface area (Å²) < 4.78 is 0. The van der Waals surface area contributed by atoms with Crippen molar-refractivity contribution in [2.75, 3.05) is 26.2 Å². The maximum Gasteiger partial charge on any atom is 0.227 e. The lowest BCUT2D eigenvalue weighted by Gasteiger charge is -2.32. The van der Waals surface area contributed by atoms with Crippen molar-refractivity contribution in [2.45, 2.75) is 6.42 Å². The van der Waals surface area contributed by atoms with Crippen LogP contribution in [0.2, 0.25) is 5.02 Å². The van der Waals surface area contributed by atoms with E-state index < -0.39 is 0 Å². The van der Waals surface area contributed by atoms with Gasteiger partial charge in [0.2, 0.25) is 12.3 Å². The van der Waals surface area contributed by atoms with Crippen LogP contribution in [0.15, 0.2) is 24.4 Å². The molecular formula is C15H16ClN3O2. The number of amides is 2. The Kier molecular flexibility index (Phi) is 3.84. The normalized spacial score (nSPS) is 15.5. The monoisotopic (exact) mass is 305 g/mol. The number of nitrogens with zero attached hydrogens (tertiary/aromatic N) is 2. The van der Waals surface area contributed by atoms with Crippen LogP contribution >= 0.6 is 11.6 Å². The minimum atomic E-state index is 0.0847. The van der Waals surface area contributed by atoms with Crippen LogP contribution in [0, 0.1) is 0 Å². The van der Waals surface area contributed by atoms with Crippen LogP contribution in [-0.4, -0.2) is 53.3 Å². The lowest BCUT2D eigenvalue weighted by Crippen LogP contribution is -2.48. The second kappa shape index (κ2) is 5.77. The lowest BCUT2D eigenvalue weighted by molar-refractivity contribution is -0.134. The van der Waals surface area contributed by atoms with E-state index in [1.54, 1.807) is 4.90 Å². The van der Waals surface area contributed by atoms with E-state index in [-0.39, 0.29) is 5.91 Å². The SMILES string of the molecule is O=CN1CCN(C(=O)Cc2c[nH]c3ccc(Cl)cc23)CC1. The summed E-state index contributed by atoms with van der Waals surface area (Å²) in [7, 11) is 0. The number of aromatic amines is 1. The molecule has 21 heavy (non-hydrogen) atoms.